The highest BCUT2D eigenvalue weighted by Gasteiger charge is 2.16. The summed E-state index contributed by atoms with van der Waals surface area (Å²) in [5.74, 6) is 1.11. The smallest absolute Gasteiger partial charge is 0.237 e. The molecule has 0 radical (unpaired) electrons. The highest BCUT2D eigenvalue weighted by molar-refractivity contribution is 7.58. The normalized spacial score (nSPS) is 11.0. The molecule has 0 saturated heterocycles. The molecule has 0 atom stereocenters. The number of rotatable bonds is 8. The van der Waals surface area contributed by atoms with Gasteiger partial charge in [-0.1, -0.05) is 61.9 Å². The van der Waals surface area contributed by atoms with Gasteiger partial charge in [0.2, 0.25) is 5.82 Å². The largest absolute Gasteiger partial charge is 0.703 e. The number of aromatic nitrogens is 3. The first-order valence-electron chi connectivity index (χ1n) is 7.96. The van der Waals surface area contributed by atoms with Crippen LogP contribution in [-0.4, -0.2) is 9.78 Å². The summed E-state index contributed by atoms with van der Waals surface area (Å²) in [6.45, 7) is 5.32. The molecule has 3 nitrogen and oxygen atoms in total. The van der Waals surface area contributed by atoms with Crippen molar-refractivity contribution in [3.05, 3.63) is 36.2 Å². The zero-order chi connectivity index (χ0) is 15.1. The first kappa shape index (κ1) is 16.0. The van der Waals surface area contributed by atoms with Crippen molar-refractivity contribution in [3.8, 4) is 5.69 Å². The van der Waals surface area contributed by atoms with Gasteiger partial charge in [-0.15, -0.1) is 0 Å². The van der Waals surface area contributed by atoms with Gasteiger partial charge in [0.1, 0.15) is 5.69 Å². The quantitative estimate of drug-likeness (QED) is 0.421. The van der Waals surface area contributed by atoms with Crippen LogP contribution in [0.4, 0.5) is 0 Å². The van der Waals surface area contributed by atoms with Crippen molar-refractivity contribution in [2.24, 2.45) is 0 Å². The first-order chi connectivity index (χ1) is 10.2. The zero-order valence-electron chi connectivity index (χ0n) is 13.1. The van der Waals surface area contributed by atoms with Crippen molar-refractivity contribution in [2.45, 2.75) is 64.1 Å². The van der Waals surface area contributed by atoms with E-state index in [1.807, 2.05) is 22.9 Å². The summed E-state index contributed by atoms with van der Waals surface area (Å²) in [4.78, 5) is 0. The van der Waals surface area contributed by atoms with Crippen molar-refractivity contribution in [1.29, 1.82) is 0 Å². The number of nitrogens with zero attached hydrogens (tertiary/aromatic N) is 3. The Morgan fingerprint density at radius 3 is 2.43 bits per heavy atom. The first-order valence-corrected chi connectivity index (χ1v) is 8.36. The Morgan fingerprint density at radius 2 is 1.71 bits per heavy atom. The fourth-order valence-corrected chi connectivity index (χ4v) is 2.89. The second kappa shape index (κ2) is 8.13. The van der Waals surface area contributed by atoms with Crippen LogP contribution in [0.3, 0.4) is 0 Å². The van der Waals surface area contributed by atoms with Gasteiger partial charge in [0, 0.05) is 12.0 Å². The maximum absolute atomic E-state index is 5.41. The van der Waals surface area contributed by atoms with Gasteiger partial charge in [0.25, 0.3) is 0 Å². The lowest BCUT2D eigenvalue weighted by Crippen LogP contribution is -2.38. The summed E-state index contributed by atoms with van der Waals surface area (Å²) in [6.07, 6.45) is 7.78. The van der Waals surface area contributed by atoms with Crippen LogP contribution in [-0.2, 0) is 19.2 Å². The van der Waals surface area contributed by atoms with E-state index >= 15 is 0 Å². The molecule has 21 heavy (non-hydrogen) atoms. The topological polar surface area (TPSA) is 21.7 Å². The Morgan fingerprint density at radius 1 is 1.05 bits per heavy atom. The minimum atomic E-state index is 0.685. The molecule has 0 aliphatic heterocycles. The minimum absolute atomic E-state index is 0.685. The summed E-state index contributed by atoms with van der Waals surface area (Å²) in [6, 6.07) is 10.2. The number of unbranched alkanes of at least 4 members (excludes halogenated alkanes) is 5. The van der Waals surface area contributed by atoms with E-state index in [9.17, 15) is 0 Å². The molecule has 2 rings (SSSR count). The molecule has 0 fully saturated rings. The van der Waals surface area contributed by atoms with Gasteiger partial charge in [-0.2, -0.15) is 0 Å². The molecule has 1 heterocycles. The van der Waals surface area contributed by atoms with Gasteiger partial charge < -0.3 is 12.6 Å². The Balaban J connectivity index is 1.96. The van der Waals surface area contributed by atoms with Crippen LogP contribution >= 0.6 is 0 Å². The number of para-hydroxylation sites is 1. The molecule has 0 bridgehead atoms. The van der Waals surface area contributed by atoms with E-state index in [2.05, 4.69) is 35.6 Å². The molecule has 0 unspecified atom stereocenters. The number of hydrogen-bond donors (Lipinski definition) is 0. The molecule has 0 aliphatic rings. The van der Waals surface area contributed by atoms with Crippen LogP contribution in [0.15, 0.2) is 35.5 Å². The van der Waals surface area contributed by atoms with Crippen LogP contribution in [0.5, 0.6) is 0 Å². The highest BCUT2D eigenvalue weighted by atomic mass is 32.1. The second-order valence-corrected chi connectivity index (χ2v) is 5.86. The average molecular weight is 303 g/mol. The van der Waals surface area contributed by atoms with Crippen molar-refractivity contribution >= 4 is 12.6 Å². The third-order valence-electron chi connectivity index (χ3n) is 3.85. The lowest BCUT2D eigenvalue weighted by atomic mass is 10.1. The van der Waals surface area contributed by atoms with Crippen LogP contribution in [0, 0.1) is 6.92 Å². The van der Waals surface area contributed by atoms with Crippen LogP contribution in [0.1, 0.15) is 51.3 Å². The van der Waals surface area contributed by atoms with Gasteiger partial charge in [-0.25, -0.2) is 0 Å². The molecule has 0 saturated carbocycles. The molecule has 0 spiro atoms. The predicted octanol–water partition coefficient (Wildman–Crippen LogP) is 3.73. The molecule has 0 amide bonds. The Kier molecular flexibility index (Phi) is 6.18. The van der Waals surface area contributed by atoms with Gasteiger partial charge in [0.15, 0.2) is 5.16 Å². The SMILES string of the molecule is CCCCCCCC[n+]1c([S-])nn(-c2ccccc2)c1C. The lowest BCUT2D eigenvalue weighted by molar-refractivity contribution is -0.739. The maximum atomic E-state index is 5.41. The van der Waals surface area contributed by atoms with Crippen LogP contribution in [0.25, 0.3) is 5.69 Å². The van der Waals surface area contributed by atoms with Crippen molar-refractivity contribution in [3.63, 3.8) is 0 Å². The minimum Gasteiger partial charge on any atom is -0.703 e. The van der Waals surface area contributed by atoms with Crippen LogP contribution < -0.4 is 4.57 Å². The molecule has 0 N–H and O–H groups in total. The van der Waals surface area contributed by atoms with E-state index in [0.717, 1.165) is 18.1 Å². The van der Waals surface area contributed by atoms with Gasteiger partial charge in [-0.05, 0) is 18.6 Å². The number of benzene rings is 1. The monoisotopic (exact) mass is 303 g/mol. The van der Waals surface area contributed by atoms with E-state index in [4.69, 9.17) is 12.6 Å². The lowest BCUT2D eigenvalue weighted by Gasteiger charge is -2.05. The van der Waals surface area contributed by atoms with Crippen LogP contribution in [0.2, 0.25) is 0 Å². The molecule has 0 aliphatic carbocycles. The Hall–Kier alpha value is -1.42. The molecule has 1 aromatic carbocycles. The Labute approximate surface area is 133 Å². The van der Waals surface area contributed by atoms with Gasteiger partial charge >= 0.3 is 0 Å². The third kappa shape index (κ3) is 4.27. The zero-order valence-corrected chi connectivity index (χ0v) is 13.9. The molecule has 1 aromatic heterocycles. The van der Waals surface area contributed by atoms with E-state index in [1.165, 1.54) is 38.5 Å². The molecule has 4 heteroatoms. The molecule has 114 valence electrons. The van der Waals surface area contributed by atoms with E-state index < -0.39 is 0 Å². The molecular formula is C17H25N3S. The maximum Gasteiger partial charge on any atom is 0.237 e. The Bertz CT molecular complexity index is 549. The van der Waals surface area contributed by atoms with E-state index in [1.54, 1.807) is 0 Å². The average Bonchev–Trinajstić information content (AvgIpc) is 2.79. The van der Waals surface area contributed by atoms with E-state index in [-0.39, 0.29) is 0 Å². The van der Waals surface area contributed by atoms with Crippen molar-refractivity contribution < 1.29 is 4.57 Å². The summed E-state index contributed by atoms with van der Waals surface area (Å²) in [5, 5.41) is 5.19. The number of hydrogen-bond acceptors (Lipinski definition) is 2. The van der Waals surface area contributed by atoms with E-state index in [0.29, 0.717) is 5.16 Å². The van der Waals surface area contributed by atoms with Crippen molar-refractivity contribution in [2.75, 3.05) is 0 Å². The van der Waals surface area contributed by atoms with Gasteiger partial charge in [0.05, 0.1) is 6.54 Å². The molecular weight excluding hydrogens is 278 g/mol. The fraction of sp³-hybridized carbons (Fsp3) is 0.529. The fourth-order valence-electron chi connectivity index (χ4n) is 2.59. The summed E-state index contributed by atoms with van der Waals surface area (Å²) < 4.78 is 4.10. The predicted molar refractivity (Wildman–Crippen MR) is 87.5 cm³/mol. The summed E-state index contributed by atoms with van der Waals surface area (Å²) in [7, 11) is 0. The van der Waals surface area contributed by atoms with Gasteiger partial charge in [-0.3, -0.25) is 4.57 Å². The highest BCUT2D eigenvalue weighted by Crippen LogP contribution is 2.09. The third-order valence-corrected chi connectivity index (χ3v) is 4.15. The van der Waals surface area contributed by atoms with Crippen molar-refractivity contribution in [1.82, 2.24) is 9.78 Å². The standard InChI is InChI=1S/C17H25N3S/c1-3-4-5-6-7-11-14-19-15(2)20(18-17(19)21)16-12-9-8-10-13-16/h8-10,12-13H,3-7,11,14H2,1-2H3. The summed E-state index contributed by atoms with van der Waals surface area (Å²) in [5.41, 5.74) is 1.07. The summed E-state index contributed by atoms with van der Waals surface area (Å²) >= 11 is 5.41. The second-order valence-electron chi connectivity index (χ2n) is 5.50. The molecule has 2 aromatic rings.